The molecule has 3 fully saturated rings. The summed E-state index contributed by atoms with van der Waals surface area (Å²) in [5, 5.41) is 0. The van der Waals surface area contributed by atoms with E-state index in [1.54, 1.807) is 109 Å². The van der Waals surface area contributed by atoms with Crippen LogP contribution < -0.4 is 0 Å². The lowest BCUT2D eigenvalue weighted by molar-refractivity contribution is -0.394. The minimum absolute atomic E-state index is 0.0419. The van der Waals surface area contributed by atoms with E-state index in [1.807, 2.05) is 60.7 Å². The zero-order valence-electron chi connectivity index (χ0n) is 37.9. The van der Waals surface area contributed by atoms with Crippen LogP contribution >= 0.6 is 0 Å². The van der Waals surface area contributed by atoms with Crippen LogP contribution in [0.25, 0.3) is 0 Å². The van der Waals surface area contributed by atoms with Crippen molar-refractivity contribution in [2.45, 2.75) is 74.3 Å². The van der Waals surface area contributed by atoms with E-state index < -0.39 is 98.2 Å². The smallest absolute Gasteiger partial charge is 0.338 e. The molecule has 3 saturated heterocycles. The van der Waals surface area contributed by atoms with E-state index >= 15 is 0 Å². The van der Waals surface area contributed by atoms with Crippen molar-refractivity contribution in [1.29, 1.82) is 0 Å². The van der Waals surface area contributed by atoms with Gasteiger partial charge in [-0.3, -0.25) is 0 Å². The van der Waals surface area contributed by atoms with E-state index in [0.29, 0.717) is 0 Å². The van der Waals surface area contributed by atoms with E-state index in [9.17, 15) is 19.2 Å². The second-order valence-corrected chi connectivity index (χ2v) is 16.5. The molecule has 0 spiro atoms. The first-order chi connectivity index (χ1) is 34.3. The monoisotopic (exact) mass is 950 g/mol. The minimum atomic E-state index is -1.70. The van der Waals surface area contributed by atoms with Gasteiger partial charge in [-0.2, -0.15) is 0 Å². The maximum atomic E-state index is 14.3. The fourth-order valence-electron chi connectivity index (χ4n) is 8.41. The SMILES string of the molecule is CO[C@H]1O[C@@H]2COC(c3ccccc3)O[C@H]2[C@H](O[C@@H]2O[C@H](COC(=O)c3ccccc3)[C@@H](OC(=O)c3ccccc3)[C@H](OC(=O)c3ccccc3)[C@H]2OC(=O)c2ccccc2)[C@H]1OCc1ccccc1. The molecular weight excluding hydrogens is 901 g/mol. The molecule has 0 aliphatic carbocycles. The van der Waals surface area contributed by atoms with E-state index in [0.717, 1.165) is 11.1 Å². The van der Waals surface area contributed by atoms with E-state index in [-0.39, 0.29) is 35.5 Å². The van der Waals surface area contributed by atoms with Crippen LogP contribution in [0.2, 0.25) is 0 Å². The lowest BCUT2D eigenvalue weighted by Crippen LogP contribution is -2.68. The number of esters is 4. The summed E-state index contributed by atoms with van der Waals surface area (Å²) in [6.07, 6.45) is -14.1. The maximum absolute atomic E-state index is 14.3. The first kappa shape index (κ1) is 48.0. The molecule has 15 heteroatoms. The lowest BCUT2D eigenvalue weighted by Gasteiger charge is -2.51. The molecule has 6 aromatic carbocycles. The molecular formula is C55H50O15. The number of fused-ring (bicyclic) bond motifs is 1. The quantitative estimate of drug-likeness (QED) is 0.0683. The van der Waals surface area contributed by atoms with Crippen LogP contribution in [0.5, 0.6) is 0 Å². The number of hydrogen-bond acceptors (Lipinski definition) is 15. The van der Waals surface area contributed by atoms with Crippen LogP contribution in [0.4, 0.5) is 0 Å². The number of methoxy groups -OCH3 is 1. The summed E-state index contributed by atoms with van der Waals surface area (Å²) in [4.78, 5) is 56.4. The van der Waals surface area contributed by atoms with Gasteiger partial charge in [0.1, 0.15) is 37.1 Å². The summed E-state index contributed by atoms with van der Waals surface area (Å²) in [6, 6.07) is 51.4. The van der Waals surface area contributed by atoms with E-state index in [1.165, 1.54) is 19.2 Å². The van der Waals surface area contributed by atoms with Crippen molar-refractivity contribution >= 4 is 23.9 Å². The van der Waals surface area contributed by atoms with Gasteiger partial charge < -0.3 is 52.1 Å². The van der Waals surface area contributed by atoms with Crippen molar-refractivity contribution in [3.05, 3.63) is 215 Å². The summed E-state index contributed by atoms with van der Waals surface area (Å²) in [7, 11) is 1.46. The van der Waals surface area contributed by atoms with Crippen LogP contribution in [0.15, 0.2) is 182 Å². The van der Waals surface area contributed by atoms with Gasteiger partial charge >= 0.3 is 23.9 Å². The average molecular weight is 951 g/mol. The number of ether oxygens (including phenoxy) is 11. The summed E-state index contributed by atoms with van der Waals surface area (Å²) in [6.45, 7) is -0.441. The maximum Gasteiger partial charge on any atom is 0.338 e. The predicted molar refractivity (Wildman–Crippen MR) is 248 cm³/mol. The largest absolute Gasteiger partial charge is 0.459 e. The zero-order valence-corrected chi connectivity index (χ0v) is 37.9. The molecule has 15 nitrogen and oxygen atoms in total. The molecule has 0 amide bonds. The number of carbonyl (C=O) groups is 4. The van der Waals surface area contributed by atoms with Gasteiger partial charge in [-0.25, -0.2) is 19.2 Å². The summed E-state index contributed by atoms with van der Waals surface area (Å²) in [5.74, 6) is -3.28. The number of hydrogen-bond donors (Lipinski definition) is 0. The Bertz CT molecular complexity index is 2620. The van der Waals surface area contributed by atoms with Crippen LogP contribution in [-0.4, -0.2) is 106 Å². The van der Waals surface area contributed by atoms with E-state index in [4.69, 9.17) is 52.1 Å². The lowest BCUT2D eigenvalue weighted by atomic mass is 9.95. The van der Waals surface area contributed by atoms with Crippen LogP contribution in [0.1, 0.15) is 58.8 Å². The third-order valence-electron chi connectivity index (χ3n) is 11.9. The molecule has 11 atom stereocenters. The zero-order chi connectivity index (χ0) is 48.2. The average Bonchev–Trinajstić information content (AvgIpc) is 3.42. The second kappa shape index (κ2) is 23.0. The Morgan fingerprint density at radius 3 is 1.49 bits per heavy atom. The van der Waals surface area contributed by atoms with Gasteiger partial charge in [-0.05, 0) is 54.1 Å². The highest BCUT2D eigenvalue weighted by Crippen LogP contribution is 2.40. The summed E-state index contributed by atoms with van der Waals surface area (Å²) < 4.78 is 70.7. The Kier molecular flexibility index (Phi) is 15.8. The van der Waals surface area contributed by atoms with Gasteiger partial charge in [0.05, 0.1) is 35.5 Å². The van der Waals surface area contributed by atoms with Gasteiger partial charge in [0.15, 0.2) is 37.2 Å². The van der Waals surface area contributed by atoms with Crippen molar-refractivity contribution in [1.82, 2.24) is 0 Å². The van der Waals surface area contributed by atoms with Gasteiger partial charge in [-0.15, -0.1) is 0 Å². The van der Waals surface area contributed by atoms with Gasteiger partial charge in [0.25, 0.3) is 0 Å². The topological polar surface area (TPSA) is 170 Å². The van der Waals surface area contributed by atoms with Crippen molar-refractivity contribution in [3.8, 4) is 0 Å². The Labute approximate surface area is 404 Å². The van der Waals surface area contributed by atoms with Gasteiger partial charge in [-0.1, -0.05) is 133 Å². The fourth-order valence-corrected chi connectivity index (χ4v) is 8.41. The highest BCUT2D eigenvalue weighted by atomic mass is 16.8. The normalized spacial score (nSPS) is 26.2. The molecule has 3 aliphatic rings. The minimum Gasteiger partial charge on any atom is -0.459 e. The fraction of sp³-hybridized carbons (Fsp3) is 0.273. The molecule has 3 heterocycles. The van der Waals surface area contributed by atoms with Gasteiger partial charge in [0, 0.05) is 12.7 Å². The molecule has 0 radical (unpaired) electrons. The molecule has 70 heavy (non-hydrogen) atoms. The van der Waals surface area contributed by atoms with Crippen LogP contribution in [-0.2, 0) is 58.7 Å². The molecule has 0 aromatic heterocycles. The Hall–Kier alpha value is -7.08. The third kappa shape index (κ3) is 11.5. The second-order valence-electron chi connectivity index (χ2n) is 16.5. The van der Waals surface area contributed by atoms with Crippen LogP contribution in [0.3, 0.4) is 0 Å². The Morgan fingerprint density at radius 1 is 0.486 bits per heavy atom. The summed E-state index contributed by atoms with van der Waals surface area (Å²) >= 11 is 0. The third-order valence-corrected chi connectivity index (χ3v) is 11.9. The van der Waals surface area contributed by atoms with Crippen LogP contribution in [0, 0.1) is 0 Å². The summed E-state index contributed by atoms with van der Waals surface area (Å²) in [5.41, 5.74) is 2.19. The highest BCUT2D eigenvalue weighted by molar-refractivity contribution is 5.91. The molecule has 3 aliphatic heterocycles. The molecule has 6 aromatic rings. The molecule has 0 bridgehead atoms. The number of carbonyl (C=O) groups excluding carboxylic acids is 4. The van der Waals surface area contributed by atoms with Crippen molar-refractivity contribution in [2.75, 3.05) is 20.3 Å². The van der Waals surface area contributed by atoms with Crippen molar-refractivity contribution in [3.63, 3.8) is 0 Å². The Morgan fingerprint density at radius 2 is 0.957 bits per heavy atom. The molecule has 0 N–H and O–H groups in total. The predicted octanol–water partition coefficient (Wildman–Crippen LogP) is 7.70. The Balaban J connectivity index is 1.15. The highest BCUT2D eigenvalue weighted by Gasteiger charge is 2.58. The van der Waals surface area contributed by atoms with Gasteiger partial charge in [0.2, 0.25) is 0 Å². The molecule has 1 unspecified atom stereocenters. The standard InChI is InChI=1S/C55H50O15/c1-60-54-47(61-32-35-20-8-2-9-21-35)45(44-42(64-54)34-63-53(69-44)40-30-18-7-19-31-40)70-55-48(68-52(59)39-28-16-6-17-29-39)46(67-51(58)38-26-14-5-15-27-38)43(66-50(57)37-24-12-4-13-25-37)41(65-55)33-62-49(56)36-22-10-3-11-23-36/h2-31,41-48,53-55H,32-34H2,1H3/t41-,42-,43-,44-,45+,46+,47-,48-,53?,54+,55+/m1/s1. The van der Waals surface area contributed by atoms with Crippen molar-refractivity contribution in [2.24, 2.45) is 0 Å². The van der Waals surface area contributed by atoms with E-state index in [2.05, 4.69) is 0 Å². The molecule has 0 saturated carbocycles. The molecule has 9 rings (SSSR count). The van der Waals surface area contributed by atoms with Crippen molar-refractivity contribution < 1.29 is 71.3 Å². The number of benzene rings is 6. The molecule has 360 valence electrons. The first-order valence-corrected chi connectivity index (χ1v) is 22.8. The number of rotatable bonds is 16. The first-order valence-electron chi connectivity index (χ1n) is 22.8.